The van der Waals surface area contributed by atoms with Gasteiger partial charge in [0, 0.05) is 38.9 Å². The molecule has 0 spiro atoms. The molecule has 1 saturated heterocycles. The molecule has 0 atom stereocenters. The van der Waals surface area contributed by atoms with Crippen LogP contribution in [0, 0.1) is 0 Å². The molecule has 0 saturated carbocycles. The Morgan fingerprint density at radius 1 is 1.03 bits per heavy atom. The number of rotatable bonds is 6. The highest BCUT2D eigenvalue weighted by atomic mass is 127. The van der Waals surface area contributed by atoms with Crippen molar-refractivity contribution in [1.29, 1.82) is 0 Å². The summed E-state index contributed by atoms with van der Waals surface area (Å²) in [6.45, 7) is 2.94. The smallest absolute Gasteiger partial charge is 0.321 e. The summed E-state index contributed by atoms with van der Waals surface area (Å²) in [5, 5.41) is 9.59. The topological polar surface area (TPSA) is 78.0 Å². The standard InChI is InChI=1S/C22H29N5O2.HI/c1-23-21(24-15-17-8-10-20(29-2)11-9-17)25-16-18-6-5-7-19(14-18)26-22(28)27-12-3-4-13-27;/h5-11,14H,3-4,12-13,15-16H2,1-2H3,(H,26,28)(H2,23,24,25);1H. The summed E-state index contributed by atoms with van der Waals surface area (Å²) in [7, 11) is 3.40. The van der Waals surface area contributed by atoms with Gasteiger partial charge in [-0.05, 0) is 48.2 Å². The summed E-state index contributed by atoms with van der Waals surface area (Å²) < 4.78 is 5.18. The van der Waals surface area contributed by atoms with Gasteiger partial charge in [-0.1, -0.05) is 24.3 Å². The fourth-order valence-corrected chi connectivity index (χ4v) is 3.22. The number of hydrogen-bond acceptors (Lipinski definition) is 3. The maximum Gasteiger partial charge on any atom is 0.321 e. The largest absolute Gasteiger partial charge is 0.497 e. The number of halogens is 1. The zero-order valence-electron chi connectivity index (χ0n) is 17.5. The fourth-order valence-electron chi connectivity index (χ4n) is 3.22. The first-order valence-electron chi connectivity index (χ1n) is 9.90. The molecule has 0 aliphatic carbocycles. The Hall–Kier alpha value is -2.49. The number of carbonyl (C=O) groups is 1. The molecule has 1 heterocycles. The van der Waals surface area contributed by atoms with Crippen molar-refractivity contribution in [3.8, 4) is 5.75 Å². The number of nitrogens with zero attached hydrogens (tertiary/aromatic N) is 2. The van der Waals surface area contributed by atoms with E-state index in [0.29, 0.717) is 19.0 Å². The fraction of sp³-hybridized carbons (Fsp3) is 0.364. The first-order chi connectivity index (χ1) is 14.2. The number of benzene rings is 2. The van der Waals surface area contributed by atoms with Gasteiger partial charge in [0.25, 0.3) is 0 Å². The number of urea groups is 1. The number of anilines is 1. The SMILES string of the molecule is CN=C(NCc1ccc(OC)cc1)NCc1cccc(NC(=O)N2CCCC2)c1.I. The number of aliphatic imine (C=N–C) groups is 1. The summed E-state index contributed by atoms with van der Waals surface area (Å²) in [5.74, 6) is 1.56. The predicted molar refractivity (Wildman–Crippen MR) is 132 cm³/mol. The van der Waals surface area contributed by atoms with E-state index in [1.54, 1.807) is 14.2 Å². The zero-order valence-corrected chi connectivity index (χ0v) is 19.8. The van der Waals surface area contributed by atoms with Crippen molar-refractivity contribution in [2.24, 2.45) is 4.99 Å². The minimum absolute atomic E-state index is 0. The molecule has 0 bridgehead atoms. The first kappa shape index (κ1) is 23.8. The van der Waals surface area contributed by atoms with Crippen molar-refractivity contribution >= 4 is 41.7 Å². The second kappa shape index (κ2) is 12.3. The summed E-state index contributed by atoms with van der Waals surface area (Å²) >= 11 is 0. The second-order valence-electron chi connectivity index (χ2n) is 6.95. The van der Waals surface area contributed by atoms with Crippen molar-refractivity contribution in [3.63, 3.8) is 0 Å². The molecular weight excluding hydrogens is 493 g/mol. The van der Waals surface area contributed by atoms with Crippen LogP contribution in [-0.2, 0) is 13.1 Å². The minimum Gasteiger partial charge on any atom is -0.497 e. The van der Waals surface area contributed by atoms with E-state index in [0.717, 1.165) is 48.5 Å². The van der Waals surface area contributed by atoms with Crippen LogP contribution in [0.25, 0.3) is 0 Å². The van der Waals surface area contributed by atoms with Crippen molar-refractivity contribution in [1.82, 2.24) is 15.5 Å². The molecule has 0 aromatic heterocycles. The molecular formula is C22H30IN5O2. The van der Waals surface area contributed by atoms with Crippen LogP contribution in [0.3, 0.4) is 0 Å². The van der Waals surface area contributed by atoms with E-state index in [4.69, 9.17) is 4.74 Å². The first-order valence-corrected chi connectivity index (χ1v) is 9.90. The van der Waals surface area contributed by atoms with Crippen molar-refractivity contribution in [3.05, 3.63) is 59.7 Å². The molecule has 3 N–H and O–H groups in total. The minimum atomic E-state index is -0.0235. The van der Waals surface area contributed by atoms with Crippen LogP contribution in [0.5, 0.6) is 5.75 Å². The van der Waals surface area contributed by atoms with Gasteiger partial charge in [-0.25, -0.2) is 4.79 Å². The average molecular weight is 523 g/mol. The lowest BCUT2D eigenvalue weighted by molar-refractivity contribution is 0.222. The van der Waals surface area contributed by atoms with Gasteiger partial charge in [-0.15, -0.1) is 24.0 Å². The quantitative estimate of drug-likeness (QED) is 0.306. The van der Waals surface area contributed by atoms with Gasteiger partial charge in [-0.3, -0.25) is 4.99 Å². The van der Waals surface area contributed by atoms with Gasteiger partial charge in [0.1, 0.15) is 5.75 Å². The highest BCUT2D eigenvalue weighted by Gasteiger charge is 2.17. The maximum atomic E-state index is 12.3. The number of ether oxygens (including phenoxy) is 1. The highest BCUT2D eigenvalue weighted by molar-refractivity contribution is 14.0. The van der Waals surface area contributed by atoms with E-state index in [9.17, 15) is 4.79 Å². The highest BCUT2D eigenvalue weighted by Crippen LogP contribution is 2.14. The van der Waals surface area contributed by atoms with E-state index in [1.807, 2.05) is 53.4 Å². The molecule has 1 aliphatic rings. The Morgan fingerprint density at radius 3 is 2.33 bits per heavy atom. The summed E-state index contributed by atoms with van der Waals surface area (Å²) in [4.78, 5) is 18.4. The number of nitrogens with one attached hydrogen (secondary N) is 3. The Labute approximate surface area is 195 Å². The summed E-state index contributed by atoms with van der Waals surface area (Å²) in [6.07, 6.45) is 2.17. The summed E-state index contributed by atoms with van der Waals surface area (Å²) in [6, 6.07) is 15.8. The van der Waals surface area contributed by atoms with Crippen molar-refractivity contribution in [2.45, 2.75) is 25.9 Å². The van der Waals surface area contributed by atoms with E-state index < -0.39 is 0 Å². The van der Waals surface area contributed by atoms with E-state index in [-0.39, 0.29) is 30.0 Å². The van der Waals surface area contributed by atoms with Crippen LogP contribution < -0.4 is 20.7 Å². The van der Waals surface area contributed by atoms with Crippen LogP contribution in [0.2, 0.25) is 0 Å². The molecule has 3 rings (SSSR count). The number of amides is 2. The number of guanidine groups is 1. The molecule has 30 heavy (non-hydrogen) atoms. The van der Waals surface area contributed by atoms with Gasteiger partial charge >= 0.3 is 6.03 Å². The molecule has 7 nitrogen and oxygen atoms in total. The number of methoxy groups -OCH3 is 1. The molecule has 2 amide bonds. The van der Waals surface area contributed by atoms with Gasteiger partial charge in [0.2, 0.25) is 0 Å². The van der Waals surface area contributed by atoms with Gasteiger partial charge in [0.15, 0.2) is 5.96 Å². The average Bonchev–Trinajstić information content (AvgIpc) is 3.30. The third-order valence-corrected chi connectivity index (χ3v) is 4.87. The molecule has 1 aliphatic heterocycles. The molecule has 1 fully saturated rings. The van der Waals surface area contributed by atoms with Gasteiger partial charge < -0.3 is 25.6 Å². The summed E-state index contributed by atoms with van der Waals surface area (Å²) in [5.41, 5.74) is 3.01. The predicted octanol–water partition coefficient (Wildman–Crippen LogP) is 3.81. The molecule has 2 aromatic rings. The molecule has 0 unspecified atom stereocenters. The molecule has 162 valence electrons. The number of hydrogen-bond donors (Lipinski definition) is 3. The Bertz CT molecular complexity index is 836. The second-order valence-corrected chi connectivity index (χ2v) is 6.95. The Balaban J connectivity index is 0.00000320. The molecule has 0 radical (unpaired) electrons. The van der Waals surface area contributed by atoms with Crippen molar-refractivity contribution < 1.29 is 9.53 Å². The Kier molecular flexibility index (Phi) is 9.72. The normalized spacial score (nSPS) is 13.4. The van der Waals surface area contributed by atoms with Gasteiger partial charge in [-0.2, -0.15) is 0 Å². The zero-order chi connectivity index (χ0) is 20.5. The third kappa shape index (κ3) is 7.08. The lowest BCUT2D eigenvalue weighted by atomic mass is 10.2. The van der Waals surface area contributed by atoms with Gasteiger partial charge in [0.05, 0.1) is 7.11 Å². The van der Waals surface area contributed by atoms with E-state index >= 15 is 0 Å². The van der Waals surface area contributed by atoms with Crippen LogP contribution in [0.15, 0.2) is 53.5 Å². The lowest BCUT2D eigenvalue weighted by Crippen LogP contribution is -2.36. The van der Waals surface area contributed by atoms with Crippen LogP contribution in [0.4, 0.5) is 10.5 Å². The van der Waals surface area contributed by atoms with E-state index in [1.165, 1.54) is 0 Å². The van der Waals surface area contributed by atoms with Crippen LogP contribution in [-0.4, -0.2) is 44.1 Å². The third-order valence-electron chi connectivity index (χ3n) is 4.87. The molecule has 8 heteroatoms. The van der Waals surface area contributed by atoms with Crippen LogP contribution >= 0.6 is 24.0 Å². The Morgan fingerprint density at radius 2 is 1.70 bits per heavy atom. The monoisotopic (exact) mass is 523 g/mol. The molecule has 2 aromatic carbocycles. The van der Waals surface area contributed by atoms with Crippen molar-refractivity contribution in [2.75, 3.05) is 32.6 Å². The van der Waals surface area contributed by atoms with Crippen LogP contribution in [0.1, 0.15) is 24.0 Å². The maximum absolute atomic E-state index is 12.3. The number of carbonyl (C=O) groups excluding carboxylic acids is 1. The van der Waals surface area contributed by atoms with E-state index in [2.05, 4.69) is 20.9 Å². The lowest BCUT2D eigenvalue weighted by Gasteiger charge is -2.17. The number of likely N-dealkylation sites (tertiary alicyclic amines) is 1.